The molecule has 2 fully saturated rings. The van der Waals surface area contributed by atoms with Gasteiger partial charge in [0.15, 0.2) is 0 Å². The first-order chi connectivity index (χ1) is 12.3. The van der Waals surface area contributed by atoms with Crippen LogP contribution in [0.5, 0.6) is 0 Å². The van der Waals surface area contributed by atoms with Crippen molar-refractivity contribution in [3.63, 3.8) is 0 Å². The number of nitrogens with zero attached hydrogens (tertiary/aromatic N) is 1. The highest BCUT2D eigenvalue weighted by Crippen LogP contribution is 2.35. The molecule has 1 aromatic rings. The number of aryl methyl sites for hydroxylation is 2. The highest BCUT2D eigenvalue weighted by molar-refractivity contribution is 6.07. The van der Waals surface area contributed by atoms with E-state index in [0.717, 1.165) is 29.5 Å². The van der Waals surface area contributed by atoms with Gasteiger partial charge < -0.3 is 10.6 Å². The number of urea groups is 1. The summed E-state index contributed by atoms with van der Waals surface area (Å²) in [6, 6.07) is 5.67. The molecule has 1 atom stereocenters. The van der Waals surface area contributed by atoms with Crippen molar-refractivity contribution in [2.45, 2.75) is 64.5 Å². The van der Waals surface area contributed by atoms with Gasteiger partial charge in [0.1, 0.15) is 5.54 Å². The molecule has 1 aliphatic carbocycles. The first kappa shape index (κ1) is 18.4. The number of amides is 4. The fourth-order valence-electron chi connectivity index (χ4n) is 4.03. The van der Waals surface area contributed by atoms with Crippen molar-refractivity contribution in [1.29, 1.82) is 0 Å². The second-order valence-corrected chi connectivity index (χ2v) is 7.58. The molecule has 4 amide bonds. The predicted octanol–water partition coefficient (Wildman–Crippen LogP) is 2.74. The van der Waals surface area contributed by atoms with Gasteiger partial charge >= 0.3 is 6.03 Å². The number of nitrogens with one attached hydrogen (secondary N) is 2. The molecule has 2 aliphatic rings. The lowest BCUT2D eigenvalue weighted by molar-refractivity contribution is -0.131. The second kappa shape index (κ2) is 7.09. The average molecular weight is 357 g/mol. The van der Waals surface area contributed by atoms with E-state index in [1.54, 1.807) is 0 Å². The molecule has 2 N–H and O–H groups in total. The van der Waals surface area contributed by atoms with Crippen molar-refractivity contribution < 1.29 is 14.4 Å². The van der Waals surface area contributed by atoms with Gasteiger partial charge in [0, 0.05) is 13.0 Å². The molecule has 6 nitrogen and oxygen atoms in total. The van der Waals surface area contributed by atoms with Crippen LogP contribution in [0.3, 0.4) is 0 Å². The van der Waals surface area contributed by atoms with Gasteiger partial charge in [-0.05, 0) is 44.7 Å². The molecule has 26 heavy (non-hydrogen) atoms. The average Bonchev–Trinajstić information content (AvgIpc) is 3.14. The number of rotatable bonds is 5. The zero-order chi connectivity index (χ0) is 18.9. The molecular formula is C20H27N3O3. The maximum Gasteiger partial charge on any atom is 0.325 e. The normalized spacial score (nSPS) is 19.7. The van der Waals surface area contributed by atoms with E-state index in [1.165, 1.54) is 4.90 Å². The number of hydrogen-bond donors (Lipinski definition) is 2. The molecule has 0 unspecified atom stereocenters. The summed E-state index contributed by atoms with van der Waals surface area (Å²) in [7, 11) is 0. The minimum absolute atomic E-state index is 0.116. The zero-order valence-electron chi connectivity index (χ0n) is 15.7. The lowest BCUT2D eigenvalue weighted by atomic mass is 9.98. The van der Waals surface area contributed by atoms with Gasteiger partial charge in [0.2, 0.25) is 5.91 Å². The quantitative estimate of drug-likeness (QED) is 0.796. The van der Waals surface area contributed by atoms with Crippen molar-refractivity contribution in [3.05, 3.63) is 34.9 Å². The minimum atomic E-state index is -0.709. The Balaban J connectivity index is 1.56. The molecule has 1 heterocycles. The van der Waals surface area contributed by atoms with Crippen LogP contribution in [0.25, 0.3) is 0 Å². The number of hydrogen-bond acceptors (Lipinski definition) is 3. The van der Waals surface area contributed by atoms with Crippen LogP contribution in [0.15, 0.2) is 18.2 Å². The number of carbonyl (C=O) groups excluding carboxylic acids is 3. The number of benzene rings is 1. The summed E-state index contributed by atoms with van der Waals surface area (Å²) in [6.45, 7) is 6.11. The molecule has 1 spiro atoms. The van der Waals surface area contributed by atoms with Crippen LogP contribution < -0.4 is 10.6 Å². The first-order valence-corrected chi connectivity index (χ1v) is 9.33. The maximum absolute atomic E-state index is 12.6. The van der Waals surface area contributed by atoms with Crippen molar-refractivity contribution in [2.75, 3.05) is 6.54 Å². The molecule has 0 aromatic heterocycles. The van der Waals surface area contributed by atoms with Crippen LogP contribution in [0.2, 0.25) is 0 Å². The summed E-state index contributed by atoms with van der Waals surface area (Å²) < 4.78 is 0. The summed E-state index contributed by atoms with van der Waals surface area (Å²) in [5.74, 6) is -0.332. The molecule has 6 heteroatoms. The Morgan fingerprint density at radius 3 is 2.65 bits per heavy atom. The monoisotopic (exact) mass is 357 g/mol. The Bertz CT molecular complexity index is 738. The fourth-order valence-corrected chi connectivity index (χ4v) is 4.03. The Labute approximate surface area is 154 Å². The van der Waals surface area contributed by atoms with Crippen molar-refractivity contribution >= 4 is 17.8 Å². The Morgan fingerprint density at radius 2 is 1.96 bits per heavy atom. The van der Waals surface area contributed by atoms with Gasteiger partial charge in [0.25, 0.3) is 5.91 Å². The smallest absolute Gasteiger partial charge is 0.325 e. The van der Waals surface area contributed by atoms with E-state index in [0.29, 0.717) is 12.8 Å². The Hall–Kier alpha value is -2.37. The number of imide groups is 1. The van der Waals surface area contributed by atoms with E-state index in [2.05, 4.69) is 16.7 Å². The van der Waals surface area contributed by atoms with E-state index in [1.807, 2.05) is 32.9 Å². The lowest BCUT2D eigenvalue weighted by Crippen LogP contribution is -2.44. The standard InChI is InChI=1S/C20H27N3O3/c1-13-6-7-14(2)16(12-13)15(3)21-17(24)8-11-23-18(25)20(22-19(23)26)9-4-5-10-20/h6-7,12,15H,4-5,8-11H2,1-3H3,(H,21,24)(H,22,26)/t15-/m0/s1. The van der Waals surface area contributed by atoms with Crippen molar-refractivity contribution in [1.82, 2.24) is 15.5 Å². The largest absolute Gasteiger partial charge is 0.350 e. The summed E-state index contributed by atoms with van der Waals surface area (Å²) in [6.07, 6.45) is 3.42. The topological polar surface area (TPSA) is 78.5 Å². The van der Waals surface area contributed by atoms with Gasteiger partial charge in [-0.25, -0.2) is 4.79 Å². The number of carbonyl (C=O) groups is 3. The van der Waals surface area contributed by atoms with Gasteiger partial charge in [-0.1, -0.05) is 36.6 Å². The van der Waals surface area contributed by atoms with Gasteiger partial charge in [-0.2, -0.15) is 0 Å². The van der Waals surface area contributed by atoms with E-state index in [-0.39, 0.29) is 36.9 Å². The van der Waals surface area contributed by atoms with Crippen molar-refractivity contribution in [2.24, 2.45) is 0 Å². The molecule has 0 radical (unpaired) electrons. The summed E-state index contributed by atoms with van der Waals surface area (Å²) in [4.78, 5) is 38.3. The van der Waals surface area contributed by atoms with Gasteiger partial charge in [-0.3, -0.25) is 14.5 Å². The van der Waals surface area contributed by atoms with Crippen molar-refractivity contribution in [3.8, 4) is 0 Å². The SMILES string of the molecule is Cc1ccc(C)c([C@H](C)NC(=O)CCN2C(=O)NC3(CCCC3)C2=O)c1. The van der Waals surface area contributed by atoms with E-state index in [4.69, 9.17) is 0 Å². The second-order valence-electron chi connectivity index (χ2n) is 7.58. The van der Waals surface area contributed by atoms with Crippen LogP contribution in [-0.4, -0.2) is 34.8 Å². The maximum atomic E-state index is 12.6. The zero-order valence-corrected chi connectivity index (χ0v) is 15.7. The fraction of sp³-hybridized carbons (Fsp3) is 0.550. The minimum Gasteiger partial charge on any atom is -0.350 e. The molecule has 0 bridgehead atoms. The molecule has 1 saturated carbocycles. The highest BCUT2D eigenvalue weighted by atomic mass is 16.2. The third-order valence-electron chi connectivity index (χ3n) is 5.54. The first-order valence-electron chi connectivity index (χ1n) is 9.33. The van der Waals surface area contributed by atoms with Gasteiger partial charge in [0.05, 0.1) is 6.04 Å². The summed E-state index contributed by atoms with van der Waals surface area (Å²) in [5, 5.41) is 5.81. The predicted molar refractivity (Wildman–Crippen MR) is 98.5 cm³/mol. The van der Waals surface area contributed by atoms with Crippen LogP contribution in [0.4, 0.5) is 4.79 Å². The lowest BCUT2D eigenvalue weighted by Gasteiger charge is -2.20. The molecule has 1 saturated heterocycles. The molecule has 3 rings (SSSR count). The third kappa shape index (κ3) is 3.45. The van der Waals surface area contributed by atoms with Gasteiger partial charge in [-0.15, -0.1) is 0 Å². The van der Waals surface area contributed by atoms with Crippen LogP contribution in [0, 0.1) is 13.8 Å². The van der Waals surface area contributed by atoms with E-state index < -0.39 is 5.54 Å². The summed E-state index contributed by atoms with van der Waals surface area (Å²) >= 11 is 0. The summed E-state index contributed by atoms with van der Waals surface area (Å²) in [5.41, 5.74) is 2.64. The molecule has 1 aromatic carbocycles. The molecular weight excluding hydrogens is 330 g/mol. The van der Waals surface area contributed by atoms with Crippen LogP contribution in [0.1, 0.15) is 61.8 Å². The Morgan fingerprint density at radius 1 is 1.27 bits per heavy atom. The van der Waals surface area contributed by atoms with E-state index in [9.17, 15) is 14.4 Å². The van der Waals surface area contributed by atoms with Crippen LogP contribution in [-0.2, 0) is 9.59 Å². The molecule has 1 aliphatic heterocycles. The Kier molecular flexibility index (Phi) is 5.03. The molecule has 140 valence electrons. The van der Waals surface area contributed by atoms with E-state index >= 15 is 0 Å². The third-order valence-corrected chi connectivity index (χ3v) is 5.54. The van der Waals surface area contributed by atoms with Crippen LogP contribution >= 0.6 is 0 Å². The highest BCUT2D eigenvalue weighted by Gasteiger charge is 2.52.